The van der Waals surface area contributed by atoms with E-state index in [0.29, 0.717) is 65.0 Å². The minimum atomic E-state index is -0.642. The summed E-state index contributed by atoms with van der Waals surface area (Å²) in [6, 6.07) is 0. The molecule has 0 aromatic rings. The molecule has 0 aliphatic heterocycles. The van der Waals surface area contributed by atoms with Crippen LogP contribution in [0.1, 0.15) is 88.0 Å². The number of nitrogens with zero attached hydrogens (tertiary/aromatic N) is 2. The Bertz CT molecular complexity index is 788. The average Bonchev–Trinajstić information content (AvgIpc) is 2.77. The van der Waals surface area contributed by atoms with Crippen molar-refractivity contribution >= 4 is 24.2 Å². The number of alkyl carbamates (subject to hydrolysis) is 1. The zero-order valence-electron chi connectivity index (χ0n) is 26.1. The van der Waals surface area contributed by atoms with E-state index in [1.54, 1.807) is 30.6 Å². The number of hydrogen-bond donors (Lipinski definition) is 4. The molecule has 0 unspecified atom stereocenters. The first-order chi connectivity index (χ1) is 18.3. The highest BCUT2D eigenvalue weighted by molar-refractivity contribution is 5.77. The number of ether oxygens (including phenoxy) is 3. The van der Waals surface area contributed by atoms with E-state index in [1.165, 1.54) is 0 Å². The number of amides is 4. The van der Waals surface area contributed by atoms with Crippen LogP contribution in [-0.2, 0) is 19.0 Å². The van der Waals surface area contributed by atoms with E-state index in [2.05, 4.69) is 16.1 Å². The fourth-order valence-corrected chi connectivity index (χ4v) is 3.27. The summed E-state index contributed by atoms with van der Waals surface area (Å²) in [6.07, 6.45) is 1.07. The molecule has 0 fully saturated rings. The summed E-state index contributed by atoms with van der Waals surface area (Å²) in [5.74, 6) is 4.75. The molecule has 4 amide bonds. The van der Waals surface area contributed by atoms with Gasteiger partial charge in [-0.1, -0.05) is 0 Å². The predicted molar refractivity (Wildman–Crippen MR) is 154 cm³/mol. The number of rotatable bonds is 15. The van der Waals surface area contributed by atoms with E-state index in [-0.39, 0.29) is 12.5 Å². The molecule has 0 saturated heterocycles. The second kappa shape index (κ2) is 17.8. The van der Waals surface area contributed by atoms with Gasteiger partial charge < -0.3 is 34.6 Å². The lowest BCUT2D eigenvalue weighted by Gasteiger charge is -2.29. The Morgan fingerprint density at radius 1 is 0.625 bits per heavy atom. The Morgan fingerprint density at radius 3 is 1.43 bits per heavy atom. The van der Waals surface area contributed by atoms with E-state index >= 15 is 0 Å². The Kier molecular flexibility index (Phi) is 16.6. The Hall–Kier alpha value is -2.80. The van der Waals surface area contributed by atoms with Crippen LogP contribution in [0.5, 0.6) is 0 Å². The molecule has 13 nitrogen and oxygen atoms in total. The molecule has 0 bridgehead atoms. The van der Waals surface area contributed by atoms with Gasteiger partial charge in [0.1, 0.15) is 16.8 Å². The molecular formula is C27H54N6O7. The Labute approximate surface area is 240 Å². The highest BCUT2D eigenvalue weighted by Gasteiger charge is 2.24. The summed E-state index contributed by atoms with van der Waals surface area (Å²) in [5, 5.41) is 5.67. The Morgan fingerprint density at radius 2 is 1.02 bits per heavy atom. The van der Waals surface area contributed by atoms with Crippen LogP contribution in [0.15, 0.2) is 0 Å². The van der Waals surface area contributed by atoms with Crippen LogP contribution in [0, 0.1) is 0 Å². The average molecular weight is 575 g/mol. The molecule has 0 aliphatic carbocycles. The van der Waals surface area contributed by atoms with Crippen molar-refractivity contribution in [1.29, 1.82) is 0 Å². The molecule has 0 radical (unpaired) electrons. The van der Waals surface area contributed by atoms with Crippen LogP contribution in [-0.4, -0.2) is 96.6 Å². The summed E-state index contributed by atoms with van der Waals surface area (Å²) in [4.78, 5) is 52.0. The molecule has 0 aliphatic rings. The number of carbonyl (C=O) groups is 4. The first-order valence-electron chi connectivity index (χ1n) is 14.0. The van der Waals surface area contributed by atoms with Gasteiger partial charge in [-0.15, -0.1) is 0 Å². The van der Waals surface area contributed by atoms with Crippen molar-refractivity contribution in [3.05, 3.63) is 0 Å². The minimum Gasteiger partial charge on any atom is -0.444 e. The summed E-state index contributed by atoms with van der Waals surface area (Å²) < 4.78 is 16.4. The fraction of sp³-hybridized carbons (Fsp3) is 0.852. The molecule has 0 aromatic carbocycles. The molecular weight excluding hydrogens is 520 g/mol. The van der Waals surface area contributed by atoms with Crippen molar-refractivity contribution in [3.63, 3.8) is 0 Å². The second-order valence-electron chi connectivity index (χ2n) is 12.5. The smallest absolute Gasteiger partial charge is 0.410 e. The van der Waals surface area contributed by atoms with Crippen LogP contribution < -0.4 is 21.9 Å². The van der Waals surface area contributed by atoms with E-state index in [1.807, 2.05) is 41.5 Å². The summed E-state index contributed by atoms with van der Waals surface area (Å²) in [6.45, 7) is 18.9. The molecule has 0 rings (SSSR count). The van der Waals surface area contributed by atoms with Gasteiger partial charge in [-0.25, -0.2) is 20.2 Å². The molecule has 0 heterocycles. The third kappa shape index (κ3) is 21.1. The van der Waals surface area contributed by atoms with E-state index < -0.39 is 35.1 Å². The van der Waals surface area contributed by atoms with Crippen LogP contribution in [0.25, 0.3) is 0 Å². The first kappa shape index (κ1) is 37.2. The van der Waals surface area contributed by atoms with Gasteiger partial charge in [-0.2, -0.15) is 0 Å². The third-order valence-electron chi connectivity index (χ3n) is 4.91. The van der Waals surface area contributed by atoms with Crippen molar-refractivity contribution in [3.8, 4) is 0 Å². The number of carbonyl (C=O) groups excluding carboxylic acids is 4. The molecule has 0 atom stereocenters. The van der Waals surface area contributed by atoms with Crippen molar-refractivity contribution in [2.45, 2.75) is 105 Å². The van der Waals surface area contributed by atoms with E-state index in [0.717, 1.165) is 0 Å². The van der Waals surface area contributed by atoms with Gasteiger partial charge in [-0.05, 0) is 94.5 Å². The van der Waals surface area contributed by atoms with Gasteiger partial charge in [0.05, 0.1) is 6.54 Å². The quantitative estimate of drug-likeness (QED) is 0.0756. The van der Waals surface area contributed by atoms with Crippen LogP contribution in [0.3, 0.4) is 0 Å². The van der Waals surface area contributed by atoms with Crippen molar-refractivity contribution in [1.82, 2.24) is 25.9 Å². The van der Waals surface area contributed by atoms with Crippen LogP contribution >= 0.6 is 0 Å². The van der Waals surface area contributed by atoms with Gasteiger partial charge in [0.25, 0.3) is 0 Å². The van der Waals surface area contributed by atoms with Crippen molar-refractivity contribution in [2.75, 3.05) is 45.8 Å². The van der Waals surface area contributed by atoms with Crippen LogP contribution in [0.2, 0.25) is 0 Å². The molecule has 0 saturated carbocycles. The van der Waals surface area contributed by atoms with E-state index in [9.17, 15) is 19.2 Å². The van der Waals surface area contributed by atoms with Gasteiger partial charge >= 0.3 is 18.3 Å². The van der Waals surface area contributed by atoms with E-state index in [4.69, 9.17) is 20.1 Å². The highest BCUT2D eigenvalue weighted by atomic mass is 16.6. The van der Waals surface area contributed by atoms with Gasteiger partial charge in [-0.3, -0.25) is 10.2 Å². The zero-order chi connectivity index (χ0) is 31.0. The van der Waals surface area contributed by atoms with Gasteiger partial charge in [0.2, 0.25) is 5.91 Å². The molecule has 40 heavy (non-hydrogen) atoms. The lowest BCUT2D eigenvalue weighted by Crippen LogP contribution is -2.41. The maximum absolute atomic E-state index is 12.8. The predicted octanol–water partition coefficient (Wildman–Crippen LogP) is 3.13. The van der Waals surface area contributed by atoms with Crippen molar-refractivity contribution in [2.24, 2.45) is 5.84 Å². The standard InChI is InChI=1S/C27H54N6O7/c1-25(2,3)38-22(35)30-15-13-19-33(24(37)40-27(7,8)9)17-11-10-16-32(23(36)39-26(4,5)6)18-12-14-29-20-21(34)31-28/h29H,10-20,28H2,1-9H3,(H,30,35)(H,31,34). The first-order valence-corrected chi connectivity index (χ1v) is 14.0. The minimum absolute atomic E-state index is 0.0940. The monoisotopic (exact) mass is 574 g/mol. The summed E-state index contributed by atoms with van der Waals surface area (Å²) >= 11 is 0. The lowest BCUT2D eigenvalue weighted by molar-refractivity contribution is -0.120. The lowest BCUT2D eigenvalue weighted by atomic mass is 10.2. The van der Waals surface area contributed by atoms with Crippen molar-refractivity contribution < 1.29 is 33.4 Å². The molecule has 0 aromatic heterocycles. The number of nitrogens with one attached hydrogen (secondary N) is 3. The molecule has 0 spiro atoms. The second-order valence-corrected chi connectivity index (χ2v) is 12.5. The fourth-order valence-electron chi connectivity index (χ4n) is 3.27. The van der Waals surface area contributed by atoms with Gasteiger partial charge in [0.15, 0.2) is 0 Å². The molecule has 13 heteroatoms. The van der Waals surface area contributed by atoms with Crippen LogP contribution in [0.4, 0.5) is 14.4 Å². The number of nitrogens with two attached hydrogens (primary N) is 1. The summed E-state index contributed by atoms with van der Waals surface area (Å²) in [7, 11) is 0. The zero-order valence-corrected chi connectivity index (χ0v) is 26.1. The number of hydrogen-bond acceptors (Lipinski definition) is 9. The topological polar surface area (TPSA) is 165 Å². The van der Waals surface area contributed by atoms with Gasteiger partial charge in [0, 0.05) is 32.7 Å². The normalized spacial score (nSPS) is 11.8. The number of unbranched alkanes of at least 4 members (excludes halogenated alkanes) is 1. The molecule has 234 valence electrons. The molecule has 5 N–H and O–H groups in total. The largest absolute Gasteiger partial charge is 0.444 e. The maximum atomic E-state index is 12.8. The summed E-state index contributed by atoms with van der Waals surface area (Å²) in [5.41, 5.74) is 0.195. The Balaban J connectivity index is 4.94. The SMILES string of the molecule is CC(C)(C)OC(=O)NCCCN(CCCCN(CCCNCC(=O)NN)C(=O)OC(C)(C)C)C(=O)OC(C)(C)C. The number of hydrazine groups is 1. The maximum Gasteiger partial charge on any atom is 0.410 e. The third-order valence-corrected chi connectivity index (χ3v) is 4.91. The highest BCUT2D eigenvalue weighted by Crippen LogP contribution is 2.13.